The maximum atomic E-state index is 12.6. The molecule has 1 aromatic heterocycles. The van der Waals surface area contributed by atoms with Crippen molar-refractivity contribution in [2.24, 2.45) is 0 Å². The molecule has 0 bridgehead atoms. The third kappa shape index (κ3) is 4.53. The van der Waals surface area contributed by atoms with E-state index in [1.807, 2.05) is 35.2 Å². The number of carbonyl (C=O) groups excluding carboxylic acids is 2. The number of hydrogen-bond donors (Lipinski definition) is 0. The predicted octanol–water partition coefficient (Wildman–Crippen LogP) is 2.35. The molecule has 8 heteroatoms. The lowest BCUT2D eigenvalue weighted by atomic mass is 10.1. The van der Waals surface area contributed by atoms with E-state index >= 15 is 0 Å². The number of aromatic nitrogens is 2. The average molecular weight is 412 g/mol. The lowest BCUT2D eigenvalue weighted by Gasteiger charge is -2.37. The number of carbonyl (C=O) groups is 2. The minimum absolute atomic E-state index is 0.0551. The Morgan fingerprint density at radius 1 is 1.20 bits per heavy atom. The second-order valence-electron chi connectivity index (χ2n) is 7.90. The second kappa shape index (κ2) is 9.38. The van der Waals surface area contributed by atoms with Crippen molar-refractivity contribution in [3.8, 4) is 0 Å². The van der Waals surface area contributed by atoms with Crippen LogP contribution in [0, 0.1) is 0 Å². The first kappa shape index (κ1) is 20.5. The van der Waals surface area contributed by atoms with Gasteiger partial charge in [-0.25, -0.2) is 0 Å². The Hall–Kier alpha value is -2.74. The number of piperazine rings is 1. The molecule has 160 valence electrons. The van der Waals surface area contributed by atoms with E-state index in [4.69, 9.17) is 9.15 Å². The largest absolute Gasteiger partial charge is 0.422 e. The molecule has 8 nitrogen and oxygen atoms in total. The highest BCUT2D eigenvalue weighted by molar-refractivity contribution is 5.86. The standard InChI is InChI=1S/C22H28N4O4/c1-29-21(16-7-3-2-4-8-16)22-24-23-18(30-22)11-12-19(27)25-13-14-26(20(28)15-25)17-9-5-6-10-17/h2-4,7-8,17,21H,5-6,9-15H2,1H3/t21-/m1/s1. The molecule has 1 atom stereocenters. The van der Waals surface area contributed by atoms with Gasteiger partial charge in [0.2, 0.25) is 23.6 Å². The van der Waals surface area contributed by atoms with Crippen LogP contribution in [0.1, 0.15) is 55.6 Å². The highest BCUT2D eigenvalue weighted by Crippen LogP contribution is 2.26. The Bertz CT molecular complexity index is 863. The fourth-order valence-corrected chi connectivity index (χ4v) is 4.35. The van der Waals surface area contributed by atoms with Gasteiger partial charge in [0, 0.05) is 39.1 Å². The normalized spacial score (nSPS) is 18.8. The molecule has 0 spiro atoms. The molecule has 0 radical (unpaired) electrons. The number of nitrogens with zero attached hydrogens (tertiary/aromatic N) is 4. The van der Waals surface area contributed by atoms with Crippen LogP contribution in [0.2, 0.25) is 0 Å². The first-order chi connectivity index (χ1) is 14.7. The zero-order valence-corrected chi connectivity index (χ0v) is 17.3. The lowest BCUT2D eigenvalue weighted by molar-refractivity contribution is -0.147. The molecule has 4 rings (SSSR count). The zero-order chi connectivity index (χ0) is 20.9. The molecule has 2 aliphatic rings. The van der Waals surface area contributed by atoms with Gasteiger partial charge >= 0.3 is 0 Å². The number of ether oxygens (including phenoxy) is 1. The van der Waals surface area contributed by atoms with Gasteiger partial charge in [0.25, 0.3) is 0 Å². The van der Waals surface area contributed by atoms with Crippen molar-refractivity contribution in [2.45, 2.75) is 50.7 Å². The first-order valence-electron chi connectivity index (χ1n) is 10.6. The smallest absolute Gasteiger partial charge is 0.249 e. The van der Waals surface area contributed by atoms with Crippen LogP contribution in [0.5, 0.6) is 0 Å². The Morgan fingerprint density at radius 3 is 2.67 bits per heavy atom. The van der Waals surface area contributed by atoms with Crippen LogP contribution in [-0.2, 0) is 20.7 Å². The van der Waals surface area contributed by atoms with E-state index in [2.05, 4.69) is 10.2 Å². The number of benzene rings is 1. The fraction of sp³-hybridized carbons (Fsp3) is 0.545. The molecule has 0 unspecified atom stereocenters. The predicted molar refractivity (Wildman–Crippen MR) is 108 cm³/mol. The van der Waals surface area contributed by atoms with E-state index in [9.17, 15) is 9.59 Å². The fourth-order valence-electron chi connectivity index (χ4n) is 4.35. The summed E-state index contributed by atoms with van der Waals surface area (Å²) in [6, 6.07) is 10.0. The molecule has 2 heterocycles. The molecule has 1 aliphatic carbocycles. The van der Waals surface area contributed by atoms with Crippen LogP contribution in [0.3, 0.4) is 0 Å². The summed E-state index contributed by atoms with van der Waals surface area (Å²) in [6.45, 7) is 1.40. The summed E-state index contributed by atoms with van der Waals surface area (Å²) >= 11 is 0. The minimum Gasteiger partial charge on any atom is -0.422 e. The van der Waals surface area contributed by atoms with Gasteiger partial charge in [0.05, 0.1) is 6.54 Å². The third-order valence-electron chi connectivity index (χ3n) is 5.97. The maximum Gasteiger partial charge on any atom is 0.249 e. The first-order valence-corrected chi connectivity index (χ1v) is 10.6. The highest BCUT2D eigenvalue weighted by Gasteiger charge is 2.32. The molecule has 2 aromatic rings. The van der Waals surface area contributed by atoms with E-state index in [1.165, 1.54) is 12.8 Å². The van der Waals surface area contributed by atoms with Crippen molar-refractivity contribution in [1.82, 2.24) is 20.0 Å². The quantitative estimate of drug-likeness (QED) is 0.694. The van der Waals surface area contributed by atoms with Crippen LogP contribution in [-0.4, -0.2) is 64.6 Å². The highest BCUT2D eigenvalue weighted by atomic mass is 16.5. The van der Waals surface area contributed by atoms with Crippen molar-refractivity contribution < 1.29 is 18.7 Å². The molecule has 1 aromatic carbocycles. The SMILES string of the molecule is CO[C@H](c1ccccc1)c1nnc(CCC(=O)N2CCN(C3CCCC3)C(=O)C2)o1. The van der Waals surface area contributed by atoms with Crippen molar-refractivity contribution in [3.63, 3.8) is 0 Å². The molecular formula is C22H28N4O4. The monoisotopic (exact) mass is 412 g/mol. The van der Waals surface area contributed by atoms with Gasteiger partial charge in [-0.15, -0.1) is 10.2 Å². The van der Waals surface area contributed by atoms with E-state index in [0.717, 1.165) is 18.4 Å². The number of hydrogen-bond acceptors (Lipinski definition) is 6. The van der Waals surface area contributed by atoms with Crippen molar-refractivity contribution in [3.05, 3.63) is 47.7 Å². The summed E-state index contributed by atoms with van der Waals surface area (Å²) in [5.74, 6) is 0.770. The molecule has 2 fully saturated rings. The van der Waals surface area contributed by atoms with Crippen LogP contribution in [0.15, 0.2) is 34.7 Å². The molecule has 30 heavy (non-hydrogen) atoms. The van der Waals surface area contributed by atoms with Gasteiger partial charge < -0.3 is 19.0 Å². The van der Waals surface area contributed by atoms with Crippen LogP contribution in [0.4, 0.5) is 0 Å². The number of amides is 2. The maximum absolute atomic E-state index is 12.6. The van der Waals surface area contributed by atoms with Crippen LogP contribution in [0.25, 0.3) is 0 Å². The Kier molecular flexibility index (Phi) is 6.42. The molecular weight excluding hydrogens is 384 g/mol. The summed E-state index contributed by atoms with van der Waals surface area (Å²) in [7, 11) is 1.59. The Morgan fingerprint density at radius 2 is 1.97 bits per heavy atom. The van der Waals surface area contributed by atoms with E-state index in [-0.39, 0.29) is 24.8 Å². The second-order valence-corrected chi connectivity index (χ2v) is 7.90. The molecule has 1 saturated carbocycles. The summed E-state index contributed by atoms with van der Waals surface area (Å²) in [5, 5.41) is 8.16. The Balaban J connectivity index is 1.30. The summed E-state index contributed by atoms with van der Waals surface area (Å²) in [5.41, 5.74) is 0.921. The van der Waals surface area contributed by atoms with E-state index in [0.29, 0.717) is 37.3 Å². The van der Waals surface area contributed by atoms with Gasteiger partial charge in [-0.3, -0.25) is 9.59 Å². The average Bonchev–Trinajstić information content (AvgIpc) is 3.46. The van der Waals surface area contributed by atoms with Crippen LogP contribution >= 0.6 is 0 Å². The summed E-state index contributed by atoms with van der Waals surface area (Å²) < 4.78 is 11.2. The molecule has 1 aliphatic heterocycles. The van der Waals surface area contributed by atoms with Crippen molar-refractivity contribution >= 4 is 11.8 Å². The number of rotatable bonds is 7. The molecule has 2 amide bonds. The van der Waals surface area contributed by atoms with Crippen LogP contribution < -0.4 is 0 Å². The Labute approximate surface area is 176 Å². The van der Waals surface area contributed by atoms with Gasteiger partial charge in [0.15, 0.2) is 6.10 Å². The lowest BCUT2D eigenvalue weighted by Crippen LogP contribution is -2.54. The molecule has 1 saturated heterocycles. The summed E-state index contributed by atoms with van der Waals surface area (Å²) in [4.78, 5) is 28.7. The van der Waals surface area contributed by atoms with E-state index in [1.54, 1.807) is 12.0 Å². The van der Waals surface area contributed by atoms with Gasteiger partial charge in [0.1, 0.15) is 0 Å². The topological polar surface area (TPSA) is 88.8 Å². The molecule has 0 N–H and O–H groups in total. The summed E-state index contributed by atoms with van der Waals surface area (Å²) in [6.07, 6.45) is 4.70. The van der Waals surface area contributed by atoms with E-state index < -0.39 is 6.10 Å². The van der Waals surface area contributed by atoms with Crippen molar-refractivity contribution in [1.29, 1.82) is 0 Å². The van der Waals surface area contributed by atoms with Gasteiger partial charge in [-0.1, -0.05) is 43.2 Å². The van der Waals surface area contributed by atoms with Gasteiger partial charge in [-0.2, -0.15) is 0 Å². The number of aryl methyl sites for hydroxylation is 1. The zero-order valence-electron chi connectivity index (χ0n) is 17.3. The van der Waals surface area contributed by atoms with Crippen molar-refractivity contribution in [2.75, 3.05) is 26.7 Å². The third-order valence-corrected chi connectivity index (χ3v) is 5.97. The minimum atomic E-state index is -0.440. The number of methoxy groups -OCH3 is 1. The van der Waals surface area contributed by atoms with Gasteiger partial charge in [-0.05, 0) is 18.4 Å².